The molecule has 2 aromatic rings. The van der Waals surface area contributed by atoms with E-state index >= 15 is 0 Å². The highest BCUT2D eigenvalue weighted by Crippen LogP contribution is 2.61. The minimum absolute atomic E-state index is 0.174. The molecule has 4 rings (SSSR count). The fraction of sp³-hybridized carbons (Fsp3) is 0.412. The number of amides is 2. The molecule has 1 heterocycles. The van der Waals surface area contributed by atoms with Crippen molar-refractivity contribution in [2.24, 2.45) is 13.0 Å². The number of rotatable bonds is 3. The molecule has 2 N–H and O–H groups in total. The molecule has 0 bridgehead atoms. The van der Waals surface area contributed by atoms with Crippen LogP contribution < -0.4 is 10.6 Å². The molecule has 1 aromatic heterocycles. The molecule has 1 spiro atoms. The Morgan fingerprint density at radius 3 is 3.09 bits per heavy atom. The molecule has 1 aromatic carbocycles. The normalized spacial score (nSPS) is 25.0. The average molecular weight is 296 g/mol. The van der Waals surface area contributed by atoms with Gasteiger partial charge in [0.1, 0.15) is 0 Å². The van der Waals surface area contributed by atoms with Gasteiger partial charge in [0, 0.05) is 31.3 Å². The number of hydrogen-bond acceptors (Lipinski definition) is 2. The highest BCUT2D eigenvalue weighted by molar-refractivity contribution is 5.88. The van der Waals surface area contributed by atoms with Crippen LogP contribution in [0.15, 0.2) is 36.5 Å². The van der Waals surface area contributed by atoms with Crippen molar-refractivity contribution in [1.29, 1.82) is 0 Å². The van der Waals surface area contributed by atoms with E-state index in [-0.39, 0.29) is 6.03 Å². The van der Waals surface area contributed by atoms with Gasteiger partial charge in [0.25, 0.3) is 0 Å². The van der Waals surface area contributed by atoms with E-state index in [4.69, 9.17) is 0 Å². The van der Waals surface area contributed by atoms with Crippen molar-refractivity contribution in [3.05, 3.63) is 47.7 Å². The van der Waals surface area contributed by atoms with E-state index in [0.717, 1.165) is 6.54 Å². The van der Waals surface area contributed by atoms with E-state index < -0.39 is 0 Å². The molecule has 0 radical (unpaired) electrons. The molecular weight excluding hydrogens is 276 g/mol. The molecule has 5 heteroatoms. The van der Waals surface area contributed by atoms with Gasteiger partial charge in [-0.05, 0) is 36.3 Å². The molecule has 5 nitrogen and oxygen atoms in total. The molecule has 2 amide bonds. The second kappa shape index (κ2) is 4.87. The summed E-state index contributed by atoms with van der Waals surface area (Å²) in [6, 6.07) is 10.4. The summed E-state index contributed by atoms with van der Waals surface area (Å²) in [6.07, 6.45) is 5.39. The zero-order chi connectivity index (χ0) is 15.2. The highest BCUT2D eigenvalue weighted by atomic mass is 16.2. The van der Waals surface area contributed by atoms with Crippen molar-refractivity contribution in [2.75, 3.05) is 11.9 Å². The third-order valence-electron chi connectivity index (χ3n) is 5.09. The van der Waals surface area contributed by atoms with Crippen LogP contribution in [0.2, 0.25) is 0 Å². The van der Waals surface area contributed by atoms with Crippen LogP contribution in [0.25, 0.3) is 0 Å². The Labute approximate surface area is 129 Å². The minimum Gasteiger partial charge on any atom is -0.338 e. The van der Waals surface area contributed by atoms with E-state index in [0.29, 0.717) is 17.2 Å². The van der Waals surface area contributed by atoms with Crippen molar-refractivity contribution < 1.29 is 4.79 Å². The Hall–Kier alpha value is -2.30. The lowest BCUT2D eigenvalue weighted by molar-refractivity contribution is 0.251. The van der Waals surface area contributed by atoms with Crippen LogP contribution in [0.3, 0.4) is 0 Å². The van der Waals surface area contributed by atoms with Crippen LogP contribution in [0.5, 0.6) is 0 Å². The Morgan fingerprint density at radius 1 is 1.41 bits per heavy atom. The fourth-order valence-corrected chi connectivity index (χ4v) is 3.86. The molecule has 1 saturated carbocycles. The number of carbonyl (C=O) groups is 1. The lowest BCUT2D eigenvalue weighted by Crippen LogP contribution is -2.31. The van der Waals surface area contributed by atoms with Crippen LogP contribution in [0, 0.1) is 5.92 Å². The van der Waals surface area contributed by atoms with E-state index in [1.54, 1.807) is 16.9 Å². The molecule has 2 aliphatic rings. The minimum atomic E-state index is -0.174. The second-order valence-corrected chi connectivity index (χ2v) is 6.42. The van der Waals surface area contributed by atoms with Gasteiger partial charge < -0.3 is 5.32 Å². The lowest BCUT2D eigenvalue weighted by Gasteiger charge is -2.12. The Morgan fingerprint density at radius 2 is 2.27 bits per heavy atom. The van der Waals surface area contributed by atoms with Gasteiger partial charge in [-0.1, -0.05) is 24.3 Å². The summed E-state index contributed by atoms with van der Waals surface area (Å²) in [5.41, 5.74) is 3.32. The van der Waals surface area contributed by atoms with Gasteiger partial charge >= 0.3 is 6.03 Å². The zero-order valence-electron chi connectivity index (χ0n) is 12.7. The number of hydrogen-bond donors (Lipinski definition) is 2. The summed E-state index contributed by atoms with van der Waals surface area (Å²) < 4.78 is 1.67. The smallest absolute Gasteiger partial charge is 0.320 e. The summed E-state index contributed by atoms with van der Waals surface area (Å²) in [5.74, 6) is 1.14. The number of anilines is 1. The fourth-order valence-electron chi connectivity index (χ4n) is 3.86. The molecule has 0 aliphatic heterocycles. The summed E-state index contributed by atoms with van der Waals surface area (Å²) in [7, 11) is 1.83. The van der Waals surface area contributed by atoms with Crippen molar-refractivity contribution in [2.45, 2.75) is 24.7 Å². The van der Waals surface area contributed by atoms with Crippen LogP contribution >= 0.6 is 0 Å². The van der Waals surface area contributed by atoms with Crippen LogP contribution in [-0.4, -0.2) is 22.4 Å². The number of urea groups is 1. The molecule has 2 atom stereocenters. The Bertz CT molecular complexity index is 723. The number of aryl methyl sites for hydroxylation is 2. The second-order valence-electron chi connectivity index (χ2n) is 6.42. The van der Waals surface area contributed by atoms with E-state index in [1.165, 1.54) is 30.4 Å². The first-order valence-electron chi connectivity index (χ1n) is 7.80. The van der Waals surface area contributed by atoms with Crippen LogP contribution in [0.4, 0.5) is 10.6 Å². The molecule has 0 saturated heterocycles. The number of nitrogens with zero attached hydrogens (tertiary/aromatic N) is 2. The zero-order valence-corrected chi connectivity index (χ0v) is 12.7. The first-order valence-corrected chi connectivity index (χ1v) is 7.80. The maximum Gasteiger partial charge on any atom is 0.320 e. The topological polar surface area (TPSA) is 59.0 Å². The number of benzene rings is 1. The third-order valence-corrected chi connectivity index (χ3v) is 5.09. The number of carbonyl (C=O) groups excluding carboxylic acids is 1. The van der Waals surface area contributed by atoms with Crippen LogP contribution in [0.1, 0.15) is 24.0 Å². The Balaban J connectivity index is 1.34. The molecule has 2 aliphatic carbocycles. The van der Waals surface area contributed by atoms with E-state index in [9.17, 15) is 4.79 Å². The first kappa shape index (κ1) is 13.4. The van der Waals surface area contributed by atoms with Gasteiger partial charge in [0.2, 0.25) is 0 Å². The van der Waals surface area contributed by atoms with Gasteiger partial charge in [0.05, 0.1) is 0 Å². The average Bonchev–Trinajstić information content (AvgIpc) is 2.87. The van der Waals surface area contributed by atoms with Crippen molar-refractivity contribution >= 4 is 11.8 Å². The van der Waals surface area contributed by atoms with Crippen molar-refractivity contribution in [1.82, 2.24) is 15.1 Å². The van der Waals surface area contributed by atoms with Gasteiger partial charge in [-0.2, -0.15) is 5.10 Å². The van der Waals surface area contributed by atoms with Crippen molar-refractivity contribution in [3.8, 4) is 0 Å². The largest absolute Gasteiger partial charge is 0.338 e. The quantitative estimate of drug-likeness (QED) is 0.914. The molecule has 0 unspecified atom stereocenters. The predicted octanol–water partition coefficient (Wildman–Crippen LogP) is 2.45. The highest BCUT2D eigenvalue weighted by Gasteiger charge is 2.57. The maximum absolute atomic E-state index is 11.9. The summed E-state index contributed by atoms with van der Waals surface area (Å²) in [4.78, 5) is 11.9. The Kier molecular flexibility index (Phi) is 2.96. The van der Waals surface area contributed by atoms with E-state index in [1.807, 2.05) is 7.05 Å². The summed E-state index contributed by atoms with van der Waals surface area (Å²) in [6.45, 7) is 0.729. The first-order chi connectivity index (χ1) is 10.7. The van der Waals surface area contributed by atoms with Gasteiger partial charge in [-0.3, -0.25) is 10.00 Å². The molecule has 1 fully saturated rings. The monoisotopic (exact) mass is 296 g/mol. The maximum atomic E-state index is 11.9. The molecular formula is C17H20N4O. The van der Waals surface area contributed by atoms with E-state index in [2.05, 4.69) is 40.0 Å². The number of fused-ring (bicyclic) bond motifs is 2. The molecule has 22 heavy (non-hydrogen) atoms. The predicted molar refractivity (Wildman–Crippen MR) is 84.8 cm³/mol. The van der Waals surface area contributed by atoms with Gasteiger partial charge in [0.15, 0.2) is 5.82 Å². The SMILES string of the molecule is Cn1ccc(NC(=O)NC[C@H]2C[C@@]23CCc2ccccc23)n1. The molecule has 114 valence electrons. The third kappa shape index (κ3) is 2.17. The van der Waals surface area contributed by atoms with Gasteiger partial charge in [-0.15, -0.1) is 0 Å². The number of aromatic nitrogens is 2. The lowest BCUT2D eigenvalue weighted by atomic mass is 9.95. The number of nitrogens with one attached hydrogen (secondary N) is 2. The van der Waals surface area contributed by atoms with Crippen LogP contribution in [-0.2, 0) is 18.9 Å². The standard InChI is InChI=1S/C17H20N4O/c1-21-9-7-15(20-21)19-16(22)18-11-13-10-17(13)8-6-12-4-2-3-5-14(12)17/h2-5,7,9,13H,6,8,10-11H2,1H3,(H2,18,19,20,22)/t13-,17+/m1/s1. The summed E-state index contributed by atoms with van der Waals surface area (Å²) in [5, 5.41) is 9.89. The van der Waals surface area contributed by atoms with Gasteiger partial charge in [-0.25, -0.2) is 4.79 Å². The summed E-state index contributed by atoms with van der Waals surface area (Å²) >= 11 is 0. The van der Waals surface area contributed by atoms with Crippen molar-refractivity contribution in [3.63, 3.8) is 0 Å².